The number of nitrogens with zero attached hydrogens (tertiary/aromatic N) is 1. The number of benzene rings is 1. The van der Waals surface area contributed by atoms with E-state index in [4.69, 9.17) is 9.26 Å². The predicted octanol–water partition coefficient (Wildman–Crippen LogP) is 3.12. The third-order valence-electron chi connectivity index (χ3n) is 3.23. The second-order valence-electron chi connectivity index (χ2n) is 5.30. The van der Waals surface area contributed by atoms with Gasteiger partial charge < -0.3 is 14.6 Å². The van der Waals surface area contributed by atoms with Crippen molar-refractivity contribution in [1.29, 1.82) is 0 Å². The standard InChI is InChI=1S/C18H20N2O4S/c1-4-9-19-17(21)13(3)23-18(22)15-7-5-6-8-16(15)25-11-14-10-12(2)24-20-14/h4-8,10,13H,1,9,11H2,2-3H3,(H,19,21)/t13-/m0/s1. The Morgan fingerprint density at radius 2 is 2.20 bits per heavy atom. The number of nitrogens with one attached hydrogen (secondary N) is 1. The maximum atomic E-state index is 12.4. The number of hydrogen-bond donors (Lipinski definition) is 1. The lowest BCUT2D eigenvalue weighted by Gasteiger charge is -2.14. The van der Waals surface area contributed by atoms with Gasteiger partial charge in [0.2, 0.25) is 0 Å². The number of ether oxygens (including phenoxy) is 1. The monoisotopic (exact) mass is 360 g/mol. The zero-order chi connectivity index (χ0) is 18.2. The van der Waals surface area contributed by atoms with Crippen LogP contribution in [0.1, 0.15) is 28.7 Å². The summed E-state index contributed by atoms with van der Waals surface area (Å²) in [6, 6.07) is 8.94. The van der Waals surface area contributed by atoms with E-state index >= 15 is 0 Å². The van der Waals surface area contributed by atoms with Crippen molar-refractivity contribution in [2.45, 2.75) is 30.6 Å². The molecule has 0 fully saturated rings. The van der Waals surface area contributed by atoms with Crippen molar-refractivity contribution in [3.8, 4) is 0 Å². The fraction of sp³-hybridized carbons (Fsp3) is 0.278. The summed E-state index contributed by atoms with van der Waals surface area (Å²) < 4.78 is 10.3. The average molecular weight is 360 g/mol. The van der Waals surface area contributed by atoms with E-state index in [0.29, 0.717) is 17.9 Å². The number of hydrogen-bond acceptors (Lipinski definition) is 6. The first-order valence-electron chi connectivity index (χ1n) is 7.75. The highest BCUT2D eigenvalue weighted by molar-refractivity contribution is 7.98. The molecule has 0 aliphatic rings. The van der Waals surface area contributed by atoms with Crippen LogP contribution in [-0.2, 0) is 15.3 Å². The first kappa shape index (κ1) is 18.8. The molecule has 0 saturated heterocycles. The quantitative estimate of drug-likeness (QED) is 0.442. The molecule has 0 radical (unpaired) electrons. The lowest BCUT2D eigenvalue weighted by molar-refractivity contribution is -0.128. The van der Waals surface area contributed by atoms with Crippen LogP contribution in [0.2, 0.25) is 0 Å². The Balaban J connectivity index is 2.01. The molecule has 7 heteroatoms. The largest absolute Gasteiger partial charge is 0.449 e. The molecule has 1 atom stereocenters. The zero-order valence-corrected chi connectivity index (χ0v) is 15.0. The van der Waals surface area contributed by atoms with Crippen LogP contribution in [0.5, 0.6) is 0 Å². The molecule has 2 rings (SSSR count). The maximum Gasteiger partial charge on any atom is 0.340 e. The van der Waals surface area contributed by atoms with Crippen LogP contribution in [-0.4, -0.2) is 29.7 Å². The van der Waals surface area contributed by atoms with E-state index in [2.05, 4.69) is 17.1 Å². The van der Waals surface area contributed by atoms with Crippen LogP contribution in [0.25, 0.3) is 0 Å². The van der Waals surface area contributed by atoms with Crippen LogP contribution in [0.3, 0.4) is 0 Å². The fourth-order valence-electron chi connectivity index (χ4n) is 1.99. The normalized spacial score (nSPS) is 11.6. The Kier molecular flexibility index (Phi) is 6.82. The fourth-order valence-corrected chi connectivity index (χ4v) is 2.91. The first-order chi connectivity index (χ1) is 12.0. The Labute approximate surface area is 150 Å². The van der Waals surface area contributed by atoms with E-state index in [1.165, 1.54) is 18.7 Å². The summed E-state index contributed by atoms with van der Waals surface area (Å²) in [5.74, 6) is 0.400. The van der Waals surface area contributed by atoms with Gasteiger partial charge in [0.15, 0.2) is 6.10 Å². The Bertz CT molecular complexity index is 757. The number of carbonyl (C=O) groups is 2. The summed E-state index contributed by atoms with van der Waals surface area (Å²) in [7, 11) is 0. The molecule has 0 bridgehead atoms. The molecule has 1 aromatic carbocycles. The first-order valence-corrected chi connectivity index (χ1v) is 8.73. The summed E-state index contributed by atoms with van der Waals surface area (Å²) >= 11 is 1.45. The Morgan fingerprint density at radius 3 is 2.88 bits per heavy atom. The lowest BCUT2D eigenvalue weighted by Crippen LogP contribution is -2.35. The summed E-state index contributed by atoms with van der Waals surface area (Å²) in [4.78, 5) is 25.0. The van der Waals surface area contributed by atoms with Gasteiger partial charge in [0.25, 0.3) is 5.91 Å². The van der Waals surface area contributed by atoms with Gasteiger partial charge in [-0.2, -0.15) is 0 Å². The van der Waals surface area contributed by atoms with Gasteiger partial charge in [-0.05, 0) is 26.0 Å². The van der Waals surface area contributed by atoms with Crippen LogP contribution in [0, 0.1) is 6.92 Å². The van der Waals surface area contributed by atoms with Gasteiger partial charge in [0, 0.05) is 23.3 Å². The van der Waals surface area contributed by atoms with Gasteiger partial charge in [-0.3, -0.25) is 4.79 Å². The van der Waals surface area contributed by atoms with Gasteiger partial charge in [0.05, 0.1) is 11.3 Å². The lowest BCUT2D eigenvalue weighted by atomic mass is 10.2. The highest BCUT2D eigenvalue weighted by Crippen LogP contribution is 2.27. The molecule has 0 spiro atoms. The second-order valence-corrected chi connectivity index (χ2v) is 6.31. The number of aromatic nitrogens is 1. The maximum absolute atomic E-state index is 12.4. The summed E-state index contributed by atoms with van der Waals surface area (Å²) in [6.45, 7) is 7.20. The van der Waals surface area contributed by atoms with E-state index < -0.39 is 12.1 Å². The van der Waals surface area contributed by atoms with Crippen molar-refractivity contribution in [3.05, 3.63) is 60.0 Å². The molecule has 1 amide bonds. The van der Waals surface area contributed by atoms with E-state index in [-0.39, 0.29) is 5.91 Å². The second kappa shape index (κ2) is 9.08. The number of amides is 1. The molecule has 6 nitrogen and oxygen atoms in total. The van der Waals surface area contributed by atoms with Crippen molar-refractivity contribution >= 4 is 23.6 Å². The third kappa shape index (κ3) is 5.49. The van der Waals surface area contributed by atoms with Crippen LogP contribution in [0.4, 0.5) is 0 Å². The smallest absolute Gasteiger partial charge is 0.340 e. The Hall–Kier alpha value is -2.54. The SMILES string of the molecule is C=CCNC(=O)[C@H](C)OC(=O)c1ccccc1SCc1cc(C)on1. The number of carbonyl (C=O) groups excluding carboxylic acids is 2. The summed E-state index contributed by atoms with van der Waals surface area (Å²) in [5, 5.41) is 6.53. The number of aryl methyl sites for hydroxylation is 1. The summed E-state index contributed by atoms with van der Waals surface area (Å²) in [5.41, 5.74) is 1.21. The van der Waals surface area contributed by atoms with Crippen molar-refractivity contribution in [3.63, 3.8) is 0 Å². The molecule has 0 aliphatic heterocycles. The van der Waals surface area contributed by atoms with Gasteiger partial charge >= 0.3 is 5.97 Å². The molecule has 0 saturated carbocycles. The van der Waals surface area contributed by atoms with Gasteiger partial charge in [-0.15, -0.1) is 18.3 Å². The molecule has 1 N–H and O–H groups in total. The van der Waals surface area contributed by atoms with Crippen LogP contribution < -0.4 is 5.32 Å². The molecular weight excluding hydrogens is 340 g/mol. The van der Waals surface area contributed by atoms with Gasteiger partial charge in [-0.1, -0.05) is 23.4 Å². The van der Waals surface area contributed by atoms with Crippen LogP contribution in [0.15, 0.2) is 52.4 Å². The third-order valence-corrected chi connectivity index (χ3v) is 4.34. The van der Waals surface area contributed by atoms with Crippen molar-refractivity contribution < 1.29 is 18.8 Å². The minimum Gasteiger partial charge on any atom is -0.449 e. The van der Waals surface area contributed by atoms with E-state index in [9.17, 15) is 9.59 Å². The minimum absolute atomic E-state index is 0.324. The molecule has 2 aromatic rings. The summed E-state index contributed by atoms with van der Waals surface area (Å²) in [6.07, 6.45) is 0.674. The predicted molar refractivity (Wildman–Crippen MR) is 95.3 cm³/mol. The van der Waals surface area contributed by atoms with E-state index in [1.807, 2.05) is 25.1 Å². The number of thioether (sulfide) groups is 1. The number of esters is 1. The van der Waals surface area contributed by atoms with Crippen molar-refractivity contribution in [1.82, 2.24) is 10.5 Å². The van der Waals surface area contributed by atoms with E-state index in [1.54, 1.807) is 18.2 Å². The number of rotatable bonds is 8. The highest BCUT2D eigenvalue weighted by Gasteiger charge is 2.20. The average Bonchev–Trinajstić information content (AvgIpc) is 3.03. The Morgan fingerprint density at radius 1 is 1.44 bits per heavy atom. The van der Waals surface area contributed by atoms with Gasteiger partial charge in [-0.25, -0.2) is 4.79 Å². The highest BCUT2D eigenvalue weighted by atomic mass is 32.2. The molecule has 0 unspecified atom stereocenters. The van der Waals surface area contributed by atoms with Crippen LogP contribution >= 0.6 is 11.8 Å². The topological polar surface area (TPSA) is 81.4 Å². The zero-order valence-electron chi connectivity index (χ0n) is 14.2. The van der Waals surface area contributed by atoms with Crippen molar-refractivity contribution in [2.75, 3.05) is 6.54 Å². The molecule has 132 valence electrons. The molecular formula is C18H20N2O4S. The molecule has 1 aromatic heterocycles. The minimum atomic E-state index is -0.885. The molecule has 0 aliphatic carbocycles. The van der Waals surface area contributed by atoms with Gasteiger partial charge in [0.1, 0.15) is 5.76 Å². The van der Waals surface area contributed by atoms with E-state index in [0.717, 1.165) is 16.3 Å². The molecule has 1 heterocycles. The molecule has 25 heavy (non-hydrogen) atoms. The van der Waals surface area contributed by atoms with Crippen molar-refractivity contribution in [2.24, 2.45) is 0 Å².